The number of likely N-dealkylation sites (tertiary alicyclic amines) is 1. The van der Waals surface area contributed by atoms with E-state index in [2.05, 4.69) is 0 Å². The first-order valence-corrected chi connectivity index (χ1v) is 11.8. The van der Waals surface area contributed by atoms with Crippen molar-refractivity contribution in [2.45, 2.75) is 39.8 Å². The molecule has 0 aliphatic carbocycles. The van der Waals surface area contributed by atoms with Gasteiger partial charge in [0.2, 0.25) is 5.78 Å². The van der Waals surface area contributed by atoms with Gasteiger partial charge in [-0.2, -0.15) is 0 Å². The lowest BCUT2D eigenvalue weighted by Gasteiger charge is -2.28. The third kappa shape index (κ3) is 5.68. The number of hydrogen-bond donors (Lipinski definition) is 1. The Kier molecular flexibility index (Phi) is 8.24. The van der Waals surface area contributed by atoms with Gasteiger partial charge in [0.05, 0.1) is 43.2 Å². The Morgan fingerprint density at radius 3 is 2.17 bits per heavy atom. The zero-order chi connectivity index (χ0) is 25.7. The van der Waals surface area contributed by atoms with Crippen molar-refractivity contribution in [2.24, 2.45) is 0 Å². The highest BCUT2D eigenvalue weighted by molar-refractivity contribution is 6.46. The van der Waals surface area contributed by atoms with Crippen LogP contribution in [0.2, 0.25) is 0 Å². The number of benzene rings is 2. The van der Waals surface area contributed by atoms with Gasteiger partial charge in [-0.1, -0.05) is 17.9 Å². The number of non-ortho nitro benzene ring substituents is 1. The molecule has 1 aliphatic heterocycles. The van der Waals surface area contributed by atoms with Crippen LogP contribution in [0.25, 0.3) is 5.76 Å². The van der Waals surface area contributed by atoms with E-state index < -0.39 is 28.4 Å². The Hall–Kier alpha value is -3.72. The van der Waals surface area contributed by atoms with Crippen LogP contribution >= 0.6 is 0 Å². The van der Waals surface area contributed by atoms with Crippen molar-refractivity contribution in [1.29, 1.82) is 0 Å². The summed E-state index contributed by atoms with van der Waals surface area (Å²) in [6.07, 6.45) is -0.0343. The summed E-state index contributed by atoms with van der Waals surface area (Å²) in [4.78, 5) is 39.4. The molecular formula is C26H31N3O6. The molecule has 3 rings (SSSR count). The second-order valence-corrected chi connectivity index (χ2v) is 8.72. The molecule has 9 heteroatoms. The lowest BCUT2D eigenvalue weighted by atomic mass is 9.95. The van der Waals surface area contributed by atoms with Crippen molar-refractivity contribution < 1.29 is 29.3 Å². The molecule has 0 aromatic heterocycles. The van der Waals surface area contributed by atoms with Crippen LogP contribution < -0.4 is 14.7 Å². The number of ether oxygens (including phenoxy) is 1. The van der Waals surface area contributed by atoms with Crippen LogP contribution in [0.3, 0.4) is 0 Å². The van der Waals surface area contributed by atoms with E-state index in [9.17, 15) is 24.8 Å². The van der Waals surface area contributed by atoms with Gasteiger partial charge in [-0.05, 0) is 63.1 Å². The highest BCUT2D eigenvalue weighted by Crippen LogP contribution is 2.39. The summed E-state index contributed by atoms with van der Waals surface area (Å²) in [7, 11) is 0. The number of likely N-dealkylation sites (N-methyl/N-ethyl adjacent to an activating group) is 1. The number of hydrogen-bond acceptors (Lipinski definition) is 6. The molecule has 1 amide bonds. The molecular weight excluding hydrogens is 450 g/mol. The first-order chi connectivity index (χ1) is 16.7. The van der Waals surface area contributed by atoms with E-state index in [-0.39, 0.29) is 29.5 Å². The summed E-state index contributed by atoms with van der Waals surface area (Å²) in [5.41, 5.74) is 0.487. The molecule has 1 fully saturated rings. The highest BCUT2D eigenvalue weighted by atomic mass is 16.6. The van der Waals surface area contributed by atoms with E-state index in [0.717, 1.165) is 13.1 Å². The molecule has 0 spiro atoms. The summed E-state index contributed by atoms with van der Waals surface area (Å²) in [6, 6.07) is 11.2. The van der Waals surface area contributed by atoms with Gasteiger partial charge in [-0.25, -0.2) is 0 Å². The summed E-state index contributed by atoms with van der Waals surface area (Å²) < 4.78 is 5.62. The number of nitro benzene ring substituents is 1. The fraction of sp³-hybridized carbons (Fsp3) is 0.385. The number of ketones is 1. The van der Waals surface area contributed by atoms with Crippen molar-refractivity contribution in [2.75, 3.05) is 26.2 Å². The number of amides is 1. The van der Waals surface area contributed by atoms with Gasteiger partial charge in [-0.3, -0.25) is 19.7 Å². The Balaban J connectivity index is 2.06. The molecule has 1 atom stereocenters. The summed E-state index contributed by atoms with van der Waals surface area (Å²) in [5.74, 6) is -1.52. The fourth-order valence-corrected chi connectivity index (χ4v) is 4.22. The number of Topliss-reactive ketones (excluding diaryl/α,β-unsaturated/α-hetero) is 1. The molecule has 2 aromatic carbocycles. The third-order valence-corrected chi connectivity index (χ3v) is 6.14. The highest BCUT2D eigenvalue weighted by Gasteiger charge is 2.44. The van der Waals surface area contributed by atoms with Gasteiger partial charge in [0.1, 0.15) is 5.75 Å². The Bertz CT molecular complexity index is 1100. The zero-order valence-corrected chi connectivity index (χ0v) is 20.4. The van der Waals surface area contributed by atoms with E-state index in [4.69, 9.17) is 4.74 Å². The molecule has 186 valence electrons. The minimum absolute atomic E-state index is 0.0343. The van der Waals surface area contributed by atoms with Crippen molar-refractivity contribution in [3.63, 3.8) is 0 Å². The summed E-state index contributed by atoms with van der Waals surface area (Å²) in [5, 5.41) is 24.6. The van der Waals surface area contributed by atoms with Crippen LogP contribution in [-0.4, -0.2) is 53.8 Å². The van der Waals surface area contributed by atoms with Gasteiger partial charge in [0.25, 0.3) is 11.6 Å². The number of quaternary nitrogens is 1. The quantitative estimate of drug-likeness (QED) is 0.181. The normalized spacial score (nSPS) is 17.4. The molecule has 1 heterocycles. The van der Waals surface area contributed by atoms with E-state index in [0.29, 0.717) is 17.9 Å². The van der Waals surface area contributed by atoms with Crippen molar-refractivity contribution in [3.8, 4) is 5.75 Å². The smallest absolute Gasteiger partial charge is 0.295 e. The zero-order valence-electron chi connectivity index (χ0n) is 20.4. The van der Waals surface area contributed by atoms with E-state index in [1.807, 2.05) is 27.7 Å². The average Bonchev–Trinajstić information content (AvgIpc) is 3.09. The molecule has 0 radical (unpaired) electrons. The maximum Gasteiger partial charge on any atom is 0.295 e. The molecule has 1 aliphatic rings. The van der Waals surface area contributed by atoms with Crippen LogP contribution in [0.1, 0.15) is 44.9 Å². The Morgan fingerprint density at radius 2 is 1.66 bits per heavy atom. The maximum atomic E-state index is 13.5. The van der Waals surface area contributed by atoms with Crippen molar-refractivity contribution >= 4 is 23.1 Å². The molecule has 0 saturated carbocycles. The van der Waals surface area contributed by atoms with Crippen molar-refractivity contribution in [1.82, 2.24) is 4.90 Å². The summed E-state index contributed by atoms with van der Waals surface area (Å²) in [6.45, 7) is 10.5. The predicted molar refractivity (Wildman–Crippen MR) is 129 cm³/mol. The molecule has 1 saturated heterocycles. The third-order valence-electron chi connectivity index (χ3n) is 6.14. The molecule has 1 unspecified atom stereocenters. The topological polar surface area (TPSA) is 117 Å². The van der Waals surface area contributed by atoms with Crippen molar-refractivity contribution in [3.05, 3.63) is 75.3 Å². The maximum absolute atomic E-state index is 13.5. The number of nitro groups is 1. The SMILES string of the molecule is CC[NH+](CC)CCN1C(=O)C(=O)C(=C([O-])c2ccc(OC(C)C)cc2)C1c1ccc([N+](=O)[O-])cc1. The van der Waals surface area contributed by atoms with Gasteiger partial charge in [0, 0.05) is 17.7 Å². The van der Waals surface area contributed by atoms with E-state index in [1.54, 1.807) is 24.3 Å². The Morgan fingerprint density at radius 1 is 1.06 bits per heavy atom. The minimum Gasteiger partial charge on any atom is -0.872 e. The average molecular weight is 482 g/mol. The number of carbonyl (C=O) groups excluding carboxylic acids is 2. The standard InChI is InChI=1S/C26H31N3O6/c1-5-27(6-2)15-16-28-23(18-7-11-20(12-8-18)29(33)34)22(25(31)26(28)32)24(30)19-9-13-21(14-10-19)35-17(3)4/h7-14,17,23,30H,5-6,15-16H2,1-4H3. The first kappa shape index (κ1) is 25.9. The number of rotatable bonds is 10. The second kappa shape index (κ2) is 11.1. The lowest BCUT2D eigenvalue weighted by Crippen LogP contribution is -3.12. The van der Waals surface area contributed by atoms with Gasteiger partial charge in [-0.15, -0.1) is 0 Å². The number of carbonyl (C=O) groups is 2. The van der Waals surface area contributed by atoms with Gasteiger partial charge < -0.3 is 19.6 Å². The largest absolute Gasteiger partial charge is 0.872 e. The van der Waals surface area contributed by atoms with E-state index in [1.165, 1.54) is 34.1 Å². The molecule has 35 heavy (non-hydrogen) atoms. The first-order valence-electron chi connectivity index (χ1n) is 11.8. The minimum atomic E-state index is -0.912. The number of nitrogens with zero attached hydrogens (tertiary/aromatic N) is 2. The number of nitrogens with one attached hydrogen (secondary N) is 1. The summed E-state index contributed by atoms with van der Waals surface area (Å²) >= 11 is 0. The van der Waals surface area contributed by atoms with Gasteiger partial charge in [0.15, 0.2) is 0 Å². The van der Waals surface area contributed by atoms with Crippen LogP contribution in [0, 0.1) is 10.1 Å². The Labute approximate surface area is 204 Å². The molecule has 9 nitrogen and oxygen atoms in total. The lowest BCUT2D eigenvalue weighted by molar-refractivity contribution is -0.895. The van der Waals surface area contributed by atoms with Crippen LogP contribution in [-0.2, 0) is 9.59 Å². The van der Waals surface area contributed by atoms with Crippen LogP contribution in [0.15, 0.2) is 54.1 Å². The monoisotopic (exact) mass is 481 g/mol. The predicted octanol–water partition coefficient (Wildman–Crippen LogP) is 1.53. The molecule has 1 N–H and O–H groups in total. The van der Waals surface area contributed by atoms with Gasteiger partial charge >= 0.3 is 0 Å². The van der Waals surface area contributed by atoms with Crippen LogP contribution in [0.4, 0.5) is 5.69 Å². The van der Waals surface area contributed by atoms with E-state index >= 15 is 0 Å². The fourth-order valence-electron chi connectivity index (χ4n) is 4.22. The molecule has 2 aromatic rings. The second-order valence-electron chi connectivity index (χ2n) is 8.72. The van der Waals surface area contributed by atoms with Crippen LogP contribution in [0.5, 0.6) is 5.75 Å². The molecule has 0 bridgehead atoms.